The summed E-state index contributed by atoms with van der Waals surface area (Å²) in [5, 5.41) is 9.60. The lowest BCUT2D eigenvalue weighted by molar-refractivity contribution is -0.156. The van der Waals surface area contributed by atoms with E-state index in [9.17, 15) is 9.59 Å². The van der Waals surface area contributed by atoms with Crippen molar-refractivity contribution < 1.29 is 19.4 Å². The number of halogens is 1. The van der Waals surface area contributed by atoms with E-state index in [0.717, 1.165) is 4.90 Å². The van der Waals surface area contributed by atoms with Crippen molar-refractivity contribution in [1.82, 2.24) is 4.90 Å². The van der Waals surface area contributed by atoms with Crippen LogP contribution in [0.2, 0.25) is 5.02 Å². The molecule has 0 aliphatic rings. The minimum atomic E-state index is -1.28. The number of carbonyl (C=O) groups is 2. The summed E-state index contributed by atoms with van der Waals surface area (Å²) in [4.78, 5) is 24.0. The monoisotopic (exact) mass is 285 g/mol. The Morgan fingerprint density at radius 3 is 2.32 bits per heavy atom. The molecule has 0 saturated heterocycles. The van der Waals surface area contributed by atoms with Gasteiger partial charge < -0.3 is 14.7 Å². The molecule has 0 fully saturated rings. The number of benzene rings is 1. The first-order valence-corrected chi connectivity index (χ1v) is 6.01. The zero-order valence-corrected chi connectivity index (χ0v) is 11.8. The van der Waals surface area contributed by atoms with E-state index in [1.54, 1.807) is 24.3 Å². The largest absolute Gasteiger partial charge is 0.484 e. The highest BCUT2D eigenvalue weighted by atomic mass is 35.5. The van der Waals surface area contributed by atoms with Gasteiger partial charge in [0.05, 0.1) is 0 Å². The SMILES string of the molecule is CN(C(=O)COc1ccc(Cl)cc1)C(C)(C)C(=O)O. The average molecular weight is 286 g/mol. The Labute approximate surface area is 116 Å². The molecule has 104 valence electrons. The van der Waals surface area contributed by atoms with Crippen molar-refractivity contribution in [1.29, 1.82) is 0 Å². The fourth-order valence-corrected chi connectivity index (χ4v) is 1.35. The quantitative estimate of drug-likeness (QED) is 0.899. The van der Waals surface area contributed by atoms with E-state index in [4.69, 9.17) is 21.4 Å². The van der Waals surface area contributed by atoms with Crippen LogP contribution < -0.4 is 4.74 Å². The number of likely N-dealkylation sites (N-methyl/N-ethyl adjacent to an activating group) is 1. The van der Waals surface area contributed by atoms with Gasteiger partial charge in [0.15, 0.2) is 6.61 Å². The van der Waals surface area contributed by atoms with Crippen LogP contribution in [0.25, 0.3) is 0 Å². The lowest BCUT2D eigenvalue weighted by atomic mass is 10.0. The fraction of sp³-hybridized carbons (Fsp3) is 0.385. The van der Waals surface area contributed by atoms with Crippen LogP contribution in [0.4, 0.5) is 0 Å². The minimum Gasteiger partial charge on any atom is -0.484 e. The third-order valence-electron chi connectivity index (χ3n) is 2.91. The second-order valence-electron chi connectivity index (χ2n) is 4.56. The van der Waals surface area contributed by atoms with Crippen molar-refractivity contribution in [3.05, 3.63) is 29.3 Å². The number of carbonyl (C=O) groups excluding carboxylic acids is 1. The maximum Gasteiger partial charge on any atom is 0.329 e. The van der Waals surface area contributed by atoms with Crippen LogP contribution in [-0.2, 0) is 9.59 Å². The molecule has 1 aromatic carbocycles. The zero-order valence-electron chi connectivity index (χ0n) is 11.0. The number of hydrogen-bond donors (Lipinski definition) is 1. The van der Waals surface area contributed by atoms with E-state index >= 15 is 0 Å². The van der Waals surface area contributed by atoms with Crippen molar-refractivity contribution in [2.45, 2.75) is 19.4 Å². The number of ether oxygens (including phenoxy) is 1. The van der Waals surface area contributed by atoms with Gasteiger partial charge in [-0.05, 0) is 38.1 Å². The summed E-state index contributed by atoms with van der Waals surface area (Å²) >= 11 is 5.72. The highest BCUT2D eigenvalue weighted by Crippen LogP contribution is 2.16. The Morgan fingerprint density at radius 2 is 1.84 bits per heavy atom. The van der Waals surface area contributed by atoms with E-state index in [1.165, 1.54) is 20.9 Å². The van der Waals surface area contributed by atoms with Gasteiger partial charge in [0, 0.05) is 12.1 Å². The number of aliphatic carboxylic acids is 1. The molecule has 5 nitrogen and oxygen atoms in total. The van der Waals surface area contributed by atoms with Crippen LogP contribution in [0.3, 0.4) is 0 Å². The molecule has 0 atom stereocenters. The van der Waals surface area contributed by atoms with E-state index in [-0.39, 0.29) is 6.61 Å². The van der Waals surface area contributed by atoms with Gasteiger partial charge in [-0.25, -0.2) is 4.79 Å². The number of nitrogens with zero attached hydrogens (tertiary/aromatic N) is 1. The highest BCUT2D eigenvalue weighted by Gasteiger charge is 2.35. The first-order valence-electron chi connectivity index (χ1n) is 5.63. The van der Waals surface area contributed by atoms with Crippen molar-refractivity contribution in [2.75, 3.05) is 13.7 Å². The molecule has 1 amide bonds. The summed E-state index contributed by atoms with van der Waals surface area (Å²) < 4.78 is 5.28. The van der Waals surface area contributed by atoms with Gasteiger partial charge in [-0.2, -0.15) is 0 Å². The summed E-state index contributed by atoms with van der Waals surface area (Å²) in [5.41, 5.74) is -1.28. The number of carboxylic acid groups (broad SMARTS) is 1. The van der Waals surface area contributed by atoms with Crippen molar-refractivity contribution in [3.8, 4) is 5.75 Å². The molecule has 0 aliphatic carbocycles. The molecule has 0 spiro atoms. The number of carboxylic acids is 1. The van der Waals surface area contributed by atoms with Crippen molar-refractivity contribution in [3.63, 3.8) is 0 Å². The Bertz CT molecular complexity index is 470. The van der Waals surface area contributed by atoms with E-state index in [2.05, 4.69) is 0 Å². The predicted molar refractivity (Wildman–Crippen MR) is 71.4 cm³/mol. The third kappa shape index (κ3) is 3.86. The van der Waals surface area contributed by atoms with Gasteiger partial charge in [0.2, 0.25) is 0 Å². The summed E-state index contributed by atoms with van der Waals surface area (Å²) in [5.74, 6) is -0.989. The maximum absolute atomic E-state index is 11.8. The van der Waals surface area contributed by atoms with Gasteiger partial charge in [-0.3, -0.25) is 4.79 Å². The van der Waals surface area contributed by atoms with Gasteiger partial charge in [0.25, 0.3) is 5.91 Å². The molecule has 1 N–H and O–H groups in total. The van der Waals surface area contributed by atoms with Gasteiger partial charge in [-0.15, -0.1) is 0 Å². The summed E-state index contributed by atoms with van der Waals surface area (Å²) in [6, 6.07) is 6.56. The molecule has 1 aromatic rings. The lowest BCUT2D eigenvalue weighted by Crippen LogP contribution is -2.52. The number of rotatable bonds is 5. The van der Waals surface area contributed by atoms with Gasteiger partial charge >= 0.3 is 5.97 Å². The Balaban J connectivity index is 2.61. The molecule has 0 unspecified atom stereocenters. The molecule has 0 saturated carbocycles. The van der Waals surface area contributed by atoms with Crippen LogP contribution >= 0.6 is 11.6 Å². The van der Waals surface area contributed by atoms with Crippen LogP contribution in [0, 0.1) is 0 Å². The standard InChI is InChI=1S/C13H16ClNO4/c1-13(2,12(17)18)15(3)11(16)8-19-10-6-4-9(14)5-7-10/h4-7H,8H2,1-3H3,(H,17,18). The summed E-state index contributed by atoms with van der Waals surface area (Å²) in [6.45, 7) is 2.68. The zero-order chi connectivity index (χ0) is 14.6. The third-order valence-corrected chi connectivity index (χ3v) is 3.16. The molecule has 0 radical (unpaired) electrons. The molecule has 6 heteroatoms. The predicted octanol–water partition coefficient (Wildman–Crippen LogP) is 2.04. The highest BCUT2D eigenvalue weighted by molar-refractivity contribution is 6.30. The Kier molecular flexibility index (Phi) is 4.78. The van der Waals surface area contributed by atoms with Crippen molar-refractivity contribution >= 4 is 23.5 Å². The lowest BCUT2D eigenvalue weighted by Gasteiger charge is -2.31. The Hall–Kier alpha value is -1.75. The average Bonchev–Trinajstić information content (AvgIpc) is 2.36. The van der Waals surface area contributed by atoms with E-state index in [0.29, 0.717) is 10.8 Å². The summed E-state index contributed by atoms with van der Waals surface area (Å²) in [6.07, 6.45) is 0. The Morgan fingerprint density at radius 1 is 1.32 bits per heavy atom. The molecule has 0 bridgehead atoms. The smallest absolute Gasteiger partial charge is 0.329 e. The normalized spacial score (nSPS) is 10.9. The number of hydrogen-bond acceptors (Lipinski definition) is 3. The van der Waals surface area contributed by atoms with Crippen LogP contribution in [-0.4, -0.2) is 41.1 Å². The first-order chi connectivity index (χ1) is 8.75. The maximum atomic E-state index is 11.8. The molecule has 0 heterocycles. The van der Waals surface area contributed by atoms with Crippen LogP contribution in [0.5, 0.6) is 5.75 Å². The molecule has 19 heavy (non-hydrogen) atoms. The second kappa shape index (κ2) is 5.93. The molecule has 1 rings (SSSR count). The van der Waals surface area contributed by atoms with E-state index < -0.39 is 17.4 Å². The number of amides is 1. The van der Waals surface area contributed by atoms with E-state index in [1.807, 2.05) is 0 Å². The van der Waals surface area contributed by atoms with Crippen LogP contribution in [0.1, 0.15) is 13.8 Å². The molecular weight excluding hydrogens is 270 g/mol. The topological polar surface area (TPSA) is 66.8 Å². The van der Waals surface area contributed by atoms with Gasteiger partial charge in [-0.1, -0.05) is 11.6 Å². The molecule has 0 aliphatic heterocycles. The first kappa shape index (κ1) is 15.3. The van der Waals surface area contributed by atoms with Gasteiger partial charge in [0.1, 0.15) is 11.3 Å². The summed E-state index contributed by atoms with van der Waals surface area (Å²) in [7, 11) is 1.43. The van der Waals surface area contributed by atoms with Crippen LogP contribution in [0.15, 0.2) is 24.3 Å². The second-order valence-corrected chi connectivity index (χ2v) is 5.00. The fourth-order valence-electron chi connectivity index (χ4n) is 1.23. The minimum absolute atomic E-state index is 0.227. The van der Waals surface area contributed by atoms with Crippen molar-refractivity contribution in [2.24, 2.45) is 0 Å². The molecular formula is C13H16ClNO4. The molecule has 0 aromatic heterocycles.